The van der Waals surface area contributed by atoms with E-state index in [-0.39, 0.29) is 17.3 Å². The van der Waals surface area contributed by atoms with Crippen molar-refractivity contribution in [3.8, 4) is 23.1 Å². The molecule has 0 aliphatic heterocycles. The smallest absolute Gasteiger partial charge is 0.322 e. The molecule has 0 spiro atoms. The van der Waals surface area contributed by atoms with Crippen molar-refractivity contribution in [3.05, 3.63) is 89.6 Å². The summed E-state index contributed by atoms with van der Waals surface area (Å²) < 4.78 is 11.3. The summed E-state index contributed by atoms with van der Waals surface area (Å²) in [6, 6.07) is 23.1. The molecule has 0 fully saturated rings. The number of pyridine rings is 1. The molecule has 1 amide bonds. The van der Waals surface area contributed by atoms with Gasteiger partial charge in [0.25, 0.3) is 5.91 Å². The van der Waals surface area contributed by atoms with E-state index in [1.807, 2.05) is 42.5 Å². The number of carbonyl (C=O) groups is 2. The number of fused-ring (bicyclic) bond motifs is 1. The van der Waals surface area contributed by atoms with Crippen molar-refractivity contribution in [2.45, 2.75) is 12.8 Å². The molecule has 3 aromatic carbocycles. The second-order valence-electron chi connectivity index (χ2n) is 7.83. The van der Waals surface area contributed by atoms with E-state index in [1.54, 1.807) is 18.2 Å². The Morgan fingerprint density at radius 2 is 1.54 bits per heavy atom. The van der Waals surface area contributed by atoms with Crippen LogP contribution in [0.2, 0.25) is 0 Å². The lowest BCUT2D eigenvalue weighted by atomic mass is 10.0. The summed E-state index contributed by atoms with van der Waals surface area (Å²) in [6.07, 6.45) is 1.88. The van der Waals surface area contributed by atoms with Gasteiger partial charge in [0.2, 0.25) is 5.88 Å². The molecule has 0 saturated heterocycles. The maximum Gasteiger partial charge on any atom is 0.322 e. The number of aromatic hydroxyl groups is 1. The van der Waals surface area contributed by atoms with Crippen LogP contribution in [0.4, 0.5) is 0 Å². The minimum atomic E-state index is -1.21. The normalized spacial score (nSPS) is 10.7. The molecule has 1 aromatic heterocycles. The quantitative estimate of drug-likeness (QED) is 0.332. The minimum absolute atomic E-state index is 0.0972. The number of hydrogen-bond acceptors (Lipinski definition) is 6. The van der Waals surface area contributed by atoms with Crippen molar-refractivity contribution >= 4 is 22.6 Å². The van der Waals surface area contributed by atoms with Gasteiger partial charge in [-0.25, -0.2) is 4.98 Å². The highest BCUT2D eigenvalue weighted by molar-refractivity contribution is 6.04. The van der Waals surface area contributed by atoms with Gasteiger partial charge < -0.3 is 25.0 Å². The second-order valence-corrected chi connectivity index (χ2v) is 7.83. The van der Waals surface area contributed by atoms with Crippen molar-refractivity contribution < 1.29 is 29.3 Å². The van der Waals surface area contributed by atoms with E-state index in [0.29, 0.717) is 22.3 Å². The van der Waals surface area contributed by atoms with Crippen LogP contribution in [-0.2, 0) is 17.6 Å². The van der Waals surface area contributed by atoms with Gasteiger partial charge in [-0.1, -0.05) is 42.5 Å². The summed E-state index contributed by atoms with van der Waals surface area (Å²) in [7, 11) is 1.39. The van der Waals surface area contributed by atoms with Crippen molar-refractivity contribution in [3.63, 3.8) is 0 Å². The van der Waals surface area contributed by atoms with E-state index < -0.39 is 18.4 Å². The van der Waals surface area contributed by atoms with Crippen molar-refractivity contribution in [1.82, 2.24) is 10.3 Å². The Morgan fingerprint density at radius 3 is 2.20 bits per heavy atom. The lowest BCUT2D eigenvalue weighted by Crippen LogP contribution is -2.30. The predicted molar refractivity (Wildman–Crippen MR) is 130 cm³/mol. The number of nitrogens with zero attached hydrogens (tertiary/aromatic N) is 1. The molecule has 1 heterocycles. The van der Waals surface area contributed by atoms with Gasteiger partial charge in [-0.15, -0.1) is 0 Å². The number of aromatic nitrogens is 1. The van der Waals surface area contributed by atoms with E-state index in [1.165, 1.54) is 18.2 Å². The van der Waals surface area contributed by atoms with Gasteiger partial charge in [0.1, 0.15) is 18.0 Å². The first-order valence-electron chi connectivity index (χ1n) is 11.0. The number of benzene rings is 3. The fourth-order valence-electron chi connectivity index (χ4n) is 3.66. The summed E-state index contributed by atoms with van der Waals surface area (Å²) in [5.74, 6) is -1.17. The molecular weight excluding hydrogens is 448 g/mol. The highest BCUT2D eigenvalue weighted by Gasteiger charge is 2.20. The van der Waals surface area contributed by atoms with Gasteiger partial charge in [0.05, 0.1) is 12.5 Å². The van der Waals surface area contributed by atoms with Gasteiger partial charge >= 0.3 is 5.97 Å². The summed E-state index contributed by atoms with van der Waals surface area (Å²) in [4.78, 5) is 27.1. The third kappa shape index (κ3) is 5.67. The molecule has 4 rings (SSSR count). The monoisotopic (exact) mass is 472 g/mol. The van der Waals surface area contributed by atoms with Crippen LogP contribution in [0, 0.1) is 0 Å². The van der Waals surface area contributed by atoms with Crippen LogP contribution in [0.15, 0.2) is 72.8 Å². The Hall–Kier alpha value is -4.59. The molecule has 0 atom stereocenters. The van der Waals surface area contributed by atoms with Crippen LogP contribution < -0.4 is 14.8 Å². The fourth-order valence-corrected chi connectivity index (χ4v) is 3.66. The van der Waals surface area contributed by atoms with E-state index >= 15 is 0 Å². The molecule has 3 N–H and O–H groups in total. The summed E-state index contributed by atoms with van der Waals surface area (Å²) in [6.45, 7) is -0.599. The molecular formula is C27H24N2O6. The maximum absolute atomic E-state index is 12.3. The Bertz CT molecular complexity index is 1350. The SMILES string of the molecule is COc1nc(C(=O)NCC(=O)O)c(O)c2ccc(Oc3ccc(CCc4ccccc4)cc3)cc12. The molecule has 0 bridgehead atoms. The van der Waals surface area contributed by atoms with Crippen LogP contribution in [-0.4, -0.2) is 40.7 Å². The largest absolute Gasteiger partial charge is 0.505 e. The van der Waals surface area contributed by atoms with Gasteiger partial charge in [-0.3, -0.25) is 9.59 Å². The molecule has 0 aliphatic rings. The summed E-state index contributed by atoms with van der Waals surface area (Å²) in [5.41, 5.74) is 2.16. The number of hydrogen-bond donors (Lipinski definition) is 3. The summed E-state index contributed by atoms with van der Waals surface area (Å²) in [5, 5.41) is 22.3. The molecule has 0 saturated carbocycles. The minimum Gasteiger partial charge on any atom is -0.505 e. The first-order valence-corrected chi connectivity index (χ1v) is 11.0. The van der Waals surface area contributed by atoms with Gasteiger partial charge in [0, 0.05) is 5.39 Å². The topological polar surface area (TPSA) is 118 Å². The van der Waals surface area contributed by atoms with E-state index in [9.17, 15) is 14.7 Å². The average molecular weight is 472 g/mol. The molecule has 0 radical (unpaired) electrons. The third-order valence-corrected chi connectivity index (χ3v) is 5.43. The predicted octanol–water partition coefficient (Wildman–Crippen LogP) is 4.34. The average Bonchev–Trinajstić information content (AvgIpc) is 2.88. The standard InChI is InChI=1S/C27H24N2O6/c1-34-27-22-15-20(13-14-21(22)25(32)24(29-27)26(33)28-16-23(30)31)35-19-11-9-18(10-12-19)8-7-17-5-3-2-4-6-17/h2-6,9-15,32H,7-8,16H2,1H3,(H,28,33)(H,30,31). The Labute approximate surface area is 201 Å². The number of carboxylic acids is 1. The van der Waals surface area contributed by atoms with Gasteiger partial charge in [-0.05, 0) is 54.3 Å². The number of methoxy groups -OCH3 is 1. The number of aliphatic carboxylic acids is 1. The van der Waals surface area contributed by atoms with E-state index in [4.69, 9.17) is 14.6 Å². The molecule has 0 aliphatic carbocycles. The molecule has 0 unspecified atom stereocenters. The van der Waals surface area contributed by atoms with Crippen molar-refractivity contribution in [2.75, 3.05) is 13.7 Å². The van der Waals surface area contributed by atoms with Crippen LogP contribution >= 0.6 is 0 Å². The highest BCUT2D eigenvalue weighted by atomic mass is 16.5. The van der Waals surface area contributed by atoms with Crippen LogP contribution in [0.3, 0.4) is 0 Å². The maximum atomic E-state index is 12.3. The molecule has 8 heteroatoms. The first kappa shape index (κ1) is 23.6. The number of rotatable bonds is 9. The number of nitrogens with one attached hydrogen (secondary N) is 1. The summed E-state index contributed by atoms with van der Waals surface area (Å²) >= 11 is 0. The van der Waals surface area contributed by atoms with Crippen molar-refractivity contribution in [1.29, 1.82) is 0 Å². The van der Waals surface area contributed by atoms with Gasteiger partial charge in [-0.2, -0.15) is 0 Å². The number of carboxylic acid groups (broad SMARTS) is 1. The lowest BCUT2D eigenvalue weighted by Gasteiger charge is -2.13. The van der Waals surface area contributed by atoms with Crippen LogP contribution in [0.5, 0.6) is 23.1 Å². The second kappa shape index (κ2) is 10.6. The zero-order valence-corrected chi connectivity index (χ0v) is 19.0. The highest BCUT2D eigenvalue weighted by Crippen LogP contribution is 2.36. The first-order chi connectivity index (χ1) is 16.9. The number of ether oxygens (including phenoxy) is 2. The fraction of sp³-hybridized carbons (Fsp3) is 0.148. The Morgan fingerprint density at radius 1 is 0.886 bits per heavy atom. The van der Waals surface area contributed by atoms with E-state index in [0.717, 1.165) is 12.8 Å². The Kier molecular flexibility index (Phi) is 7.11. The zero-order valence-electron chi connectivity index (χ0n) is 19.0. The molecule has 4 aromatic rings. The van der Waals surface area contributed by atoms with Crippen molar-refractivity contribution in [2.24, 2.45) is 0 Å². The lowest BCUT2D eigenvalue weighted by molar-refractivity contribution is -0.135. The van der Waals surface area contributed by atoms with Crippen LogP contribution in [0.1, 0.15) is 21.6 Å². The number of amides is 1. The molecule has 35 heavy (non-hydrogen) atoms. The Balaban J connectivity index is 1.51. The third-order valence-electron chi connectivity index (χ3n) is 5.43. The molecule has 8 nitrogen and oxygen atoms in total. The van der Waals surface area contributed by atoms with E-state index in [2.05, 4.69) is 22.4 Å². The number of aryl methyl sites for hydroxylation is 2. The van der Waals surface area contributed by atoms with Crippen LogP contribution in [0.25, 0.3) is 10.8 Å². The molecule has 178 valence electrons. The zero-order chi connectivity index (χ0) is 24.8. The number of carbonyl (C=O) groups excluding carboxylic acids is 1. The van der Waals surface area contributed by atoms with Gasteiger partial charge in [0.15, 0.2) is 11.4 Å².